The van der Waals surface area contributed by atoms with E-state index in [1.54, 1.807) is 10.6 Å². The molecule has 2 aromatic heterocycles. The number of aromatic nitrogens is 3. The molecule has 5 rings (SSSR count). The third kappa shape index (κ3) is 3.80. The molecular formula is C26H27N5O2. The average molecular weight is 442 g/mol. The summed E-state index contributed by atoms with van der Waals surface area (Å²) in [6.45, 7) is 5.79. The monoisotopic (exact) mass is 441 g/mol. The summed E-state index contributed by atoms with van der Waals surface area (Å²) in [5.74, 6) is 0.501. The quantitative estimate of drug-likeness (QED) is 0.614. The van der Waals surface area contributed by atoms with Gasteiger partial charge < -0.3 is 15.2 Å². The van der Waals surface area contributed by atoms with E-state index >= 15 is 0 Å². The van der Waals surface area contributed by atoms with Crippen molar-refractivity contribution < 1.29 is 4.79 Å². The van der Waals surface area contributed by atoms with E-state index in [0.717, 1.165) is 22.3 Å². The van der Waals surface area contributed by atoms with Crippen molar-refractivity contribution in [2.45, 2.75) is 32.9 Å². The number of nitrogens with zero attached hydrogens (tertiary/aromatic N) is 4. The van der Waals surface area contributed by atoms with Crippen LogP contribution in [0.3, 0.4) is 0 Å². The Morgan fingerprint density at radius 3 is 2.64 bits per heavy atom. The fraction of sp³-hybridized carbons (Fsp3) is 0.269. The van der Waals surface area contributed by atoms with Crippen molar-refractivity contribution >= 4 is 17.8 Å². The first-order chi connectivity index (χ1) is 15.9. The number of carbonyl (C=O) groups is 1. The molecule has 1 amide bonds. The molecule has 1 aromatic carbocycles. The Hall–Kier alpha value is -3.87. The van der Waals surface area contributed by atoms with Gasteiger partial charge in [-0.3, -0.25) is 14.3 Å². The van der Waals surface area contributed by atoms with Gasteiger partial charge >= 0.3 is 0 Å². The number of hydrogen-bond acceptors (Lipinski definition) is 4. The normalized spacial score (nSPS) is 15.6. The summed E-state index contributed by atoms with van der Waals surface area (Å²) in [7, 11) is 0. The van der Waals surface area contributed by atoms with Gasteiger partial charge in [-0.25, -0.2) is 0 Å². The predicted octanol–water partition coefficient (Wildman–Crippen LogP) is 3.53. The first-order valence-corrected chi connectivity index (χ1v) is 11.2. The predicted molar refractivity (Wildman–Crippen MR) is 130 cm³/mol. The summed E-state index contributed by atoms with van der Waals surface area (Å²) in [4.78, 5) is 27.6. The molecule has 2 aliphatic rings. The van der Waals surface area contributed by atoms with Crippen LogP contribution in [0.25, 0.3) is 17.2 Å². The molecule has 1 aliphatic heterocycles. The number of benzene rings is 1. The van der Waals surface area contributed by atoms with Gasteiger partial charge in [0.05, 0.1) is 6.04 Å². The number of anilines is 1. The number of nitrogen functional groups attached to an aromatic ring is 1. The molecule has 1 aliphatic carbocycles. The van der Waals surface area contributed by atoms with Crippen LogP contribution in [-0.4, -0.2) is 38.2 Å². The molecule has 1 fully saturated rings. The van der Waals surface area contributed by atoms with Crippen LogP contribution < -0.4 is 11.3 Å². The minimum absolute atomic E-state index is 0.0111. The second kappa shape index (κ2) is 8.24. The molecule has 7 nitrogen and oxygen atoms in total. The Labute approximate surface area is 192 Å². The minimum atomic E-state index is 0.0111. The van der Waals surface area contributed by atoms with Crippen molar-refractivity contribution in [2.75, 3.05) is 18.8 Å². The lowest BCUT2D eigenvalue weighted by Gasteiger charge is -2.39. The van der Waals surface area contributed by atoms with Crippen molar-refractivity contribution in [1.29, 1.82) is 0 Å². The summed E-state index contributed by atoms with van der Waals surface area (Å²) in [5, 5.41) is 4.23. The molecule has 33 heavy (non-hydrogen) atoms. The molecule has 0 atom stereocenters. The summed E-state index contributed by atoms with van der Waals surface area (Å²) < 4.78 is 3.59. The van der Waals surface area contributed by atoms with Crippen LogP contribution >= 0.6 is 0 Å². The highest BCUT2D eigenvalue weighted by atomic mass is 16.2. The Balaban J connectivity index is 1.38. The number of carbonyl (C=O) groups excluding carboxylic acids is 1. The molecule has 7 heteroatoms. The maximum atomic E-state index is 12.9. The lowest BCUT2D eigenvalue weighted by molar-refractivity contribution is 0.0502. The van der Waals surface area contributed by atoms with Gasteiger partial charge in [0, 0.05) is 48.7 Å². The van der Waals surface area contributed by atoms with Gasteiger partial charge in [0.2, 0.25) is 0 Å². The van der Waals surface area contributed by atoms with Gasteiger partial charge in [0.25, 0.3) is 11.5 Å². The summed E-state index contributed by atoms with van der Waals surface area (Å²) in [5.41, 5.74) is 11.5. The van der Waals surface area contributed by atoms with Crippen LogP contribution in [0.1, 0.15) is 41.4 Å². The third-order valence-electron chi connectivity index (χ3n) is 6.40. The minimum Gasteiger partial charge on any atom is -0.382 e. The number of allylic oxidation sites excluding steroid dienone is 3. The highest BCUT2D eigenvalue weighted by Gasteiger charge is 2.33. The zero-order valence-electron chi connectivity index (χ0n) is 18.9. The van der Waals surface area contributed by atoms with E-state index in [4.69, 9.17) is 5.73 Å². The van der Waals surface area contributed by atoms with Crippen LogP contribution in [0.2, 0.25) is 0 Å². The van der Waals surface area contributed by atoms with Crippen LogP contribution in [0.5, 0.6) is 0 Å². The molecule has 0 radical (unpaired) electrons. The zero-order valence-corrected chi connectivity index (χ0v) is 18.9. The van der Waals surface area contributed by atoms with E-state index < -0.39 is 0 Å². The maximum absolute atomic E-state index is 12.9. The van der Waals surface area contributed by atoms with E-state index in [2.05, 4.69) is 18.1 Å². The second-order valence-corrected chi connectivity index (χ2v) is 8.79. The Morgan fingerprint density at radius 1 is 1.21 bits per heavy atom. The lowest BCUT2D eigenvalue weighted by atomic mass is 9.98. The first kappa shape index (κ1) is 21.0. The van der Waals surface area contributed by atoms with Crippen molar-refractivity contribution in [2.24, 2.45) is 0 Å². The van der Waals surface area contributed by atoms with E-state index in [9.17, 15) is 9.59 Å². The van der Waals surface area contributed by atoms with Gasteiger partial charge in [-0.15, -0.1) is 0 Å². The van der Waals surface area contributed by atoms with Gasteiger partial charge in [0.15, 0.2) is 0 Å². The van der Waals surface area contributed by atoms with Gasteiger partial charge in [-0.1, -0.05) is 35.9 Å². The average Bonchev–Trinajstić information content (AvgIpc) is 3.38. The number of amides is 1. The standard InChI is InChI=1S/C26H27N5O2/c1-3-4-10-29-16-23(21-12-17(2)13-22(21)26(29)33)18-5-7-19(8-6-18)25(32)30-14-20(15-30)31-11-9-24(27)28-31/h3-9,11-12,16,20H,10,13-15H2,1-2H3,(H2,27,28)/b4-3+. The molecule has 2 N–H and O–H groups in total. The number of nitrogens with two attached hydrogens (primary N) is 1. The first-order valence-electron chi connectivity index (χ1n) is 11.2. The highest BCUT2D eigenvalue weighted by Crippen LogP contribution is 2.32. The molecular weight excluding hydrogens is 414 g/mol. The largest absolute Gasteiger partial charge is 0.382 e. The van der Waals surface area contributed by atoms with E-state index in [1.807, 2.05) is 65.3 Å². The Bertz CT molecular complexity index is 1340. The zero-order chi connectivity index (χ0) is 23.1. The van der Waals surface area contributed by atoms with E-state index in [0.29, 0.717) is 37.4 Å². The highest BCUT2D eigenvalue weighted by molar-refractivity contribution is 5.95. The van der Waals surface area contributed by atoms with Crippen LogP contribution in [-0.2, 0) is 13.0 Å². The second-order valence-electron chi connectivity index (χ2n) is 8.79. The molecule has 0 bridgehead atoms. The number of pyridine rings is 1. The number of hydrogen-bond donors (Lipinski definition) is 1. The molecule has 3 aromatic rings. The fourth-order valence-electron chi connectivity index (χ4n) is 4.55. The Kier molecular flexibility index (Phi) is 5.24. The number of likely N-dealkylation sites (tertiary alicyclic amines) is 1. The number of rotatable bonds is 5. The Morgan fingerprint density at radius 2 is 1.97 bits per heavy atom. The van der Waals surface area contributed by atoms with Gasteiger partial charge in [0.1, 0.15) is 5.82 Å². The van der Waals surface area contributed by atoms with E-state index in [1.165, 1.54) is 5.57 Å². The molecule has 168 valence electrons. The van der Waals surface area contributed by atoms with Crippen molar-refractivity contribution in [3.05, 3.63) is 87.5 Å². The molecule has 3 heterocycles. The van der Waals surface area contributed by atoms with Crippen LogP contribution in [0, 0.1) is 0 Å². The van der Waals surface area contributed by atoms with Gasteiger partial charge in [-0.05, 0) is 49.6 Å². The fourth-order valence-corrected chi connectivity index (χ4v) is 4.55. The number of fused-ring (bicyclic) bond motifs is 1. The smallest absolute Gasteiger partial charge is 0.254 e. The van der Waals surface area contributed by atoms with Crippen LogP contribution in [0.4, 0.5) is 5.82 Å². The molecule has 0 unspecified atom stereocenters. The summed E-state index contributed by atoms with van der Waals surface area (Å²) in [6.07, 6.45) is 10.5. The molecule has 0 spiro atoms. The summed E-state index contributed by atoms with van der Waals surface area (Å²) in [6, 6.07) is 9.62. The molecule has 1 saturated heterocycles. The lowest BCUT2D eigenvalue weighted by Crippen LogP contribution is -2.50. The SMILES string of the molecule is C/C=C/Cn1cc(-c2ccc(C(=O)N3CC(n4ccc(N)n4)C3)cc2)c2c(c1=O)CC(C)=C2. The molecule has 0 saturated carbocycles. The van der Waals surface area contributed by atoms with Crippen LogP contribution in [0.15, 0.2) is 65.2 Å². The summed E-state index contributed by atoms with van der Waals surface area (Å²) >= 11 is 0. The van der Waals surface area contributed by atoms with E-state index in [-0.39, 0.29) is 17.5 Å². The van der Waals surface area contributed by atoms with Gasteiger partial charge in [-0.2, -0.15) is 5.10 Å². The van der Waals surface area contributed by atoms with Crippen molar-refractivity contribution in [1.82, 2.24) is 19.2 Å². The van der Waals surface area contributed by atoms with Crippen molar-refractivity contribution in [3.8, 4) is 11.1 Å². The maximum Gasteiger partial charge on any atom is 0.254 e. The third-order valence-corrected chi connectivity index (χ3v) is 6.40. The van der Waals surface area contributed by atoms with Crippen molar-refractivity contribution in [3.63, 3.8) is 0 Å². The topological polar surface area (TPSA) is 86.2 Å².